The van der Waals surface area contributed by atoms with E-state index in [4.69, 9.17) is 5.11 Å². The van der Waals surface area contributed by atoms with Crippen molar-refractivity contribution < 1.29 is 14.7 Å². The minimum absolute atomic E-state index is 0.0393. The van der Waals surface area contributed by atoms with Crippen molar-refractivity contribution in [3.05, 3.63) is 23.5 Å². The first-order valence-corrected chi connectivity index (χ1v) is 6.76. The van der Waals surface area contributed by atoms with E-state index in [9.17, 15) is 9.59 Å². The maximum Gasteiger partial charge on any atom is 0.337 e. The molecule has 1 amide bonds. The van der Waals surface area contributed by atoms with Crippen molar-refractivity contribution >= 4 is 11.9 Å². The Kier molecular flexibility index (Phi) is 4.24. The maximum absolute atomic E-state index is 11.9. The van der Waals surface area contributed by atoms with Crippen LogP contribution in [0, 0.1) is 6.92 Å². The molecule has 1 aromatic heterocycles. The van der Waals surface area contributed by atoms with E-state index >= 15 is 0 Å². The van der Waals surface area contributed by atoms with Crippen molar-refractivity contribution in [2.45, 2.75) is 51.6 Å². The Labute approximate surface area is 112 Å². The molecule has 1 saturated carbocycles. The molecule has 1 aliphatic rings. The van der Waals surface area contributed by atoms with E-state index in [-0.39, 0.29) is 24.1 Å². The van der Waals surface area contributed by atoms with Gasteiger partial charge in [-0.1, -0.05) is 19.3 Å². The number of carbonyl (C=O) groups is 2. The van der Waals surface area contributed by atoms with E-state index in [0.29, 0.717) is 5.69 Å². The lowest BCUT2D eigenvalue weighted by Gasteiger charge is -2.23. The van der Waals surface area contributed by atoms with Crippen LogP contribution in [0.2, 0.25) is 0 Å². The molecule has 2 rings (SSSR count). The number of carboxylic acids is 1. The molecule has 5 nitrogen and oxygen atoms in total. The van der Waals surface area contributed by atoms with E-state index < -0.39 is 5.97 Å². The Morgan fingerprint density at radius 3 is 2.63 bits per heavy atom. The van der Waals surface area contributed by atoms with Crippen LogP contribution < -0.4 is 5.32 Å². The fraction of sp³-hybridized carbons (Fsp3) is 0.571. The third kappa shape index (κ3) is 3.36. The van der Waals surface area contributed by atoms with Gasteiger partial charge in [0.1, 0.15) is 6.54 Å². The number of aromatic nitrogens is 1. The average Bonchev–Trinajstić information content (AvgIpc) is 2.72. The summed E-state index contributed by atoms with van der Waals surface area (Å²) in [4.78, 5) is 22.9. The maximum atomic E-state index is 11.9. The molecular weight excluding hydrogens is 244 g/mol. The van der Waals surface area contributed by atoms with Gasteiger partial charge in [-0.05, 0) is 25.8 Å². The smallest absolute Gasteiger partial charge is 0.337 e. The molecule has 0 radical (unpaired) electrons. The first-order chi connectivity index (χ1) is 9.08. The second-order valence-corrected chi connectivity index (χ2v) is 5.15. The fourth-order valence-corrected chi connectivity index (χ4v) is 2.62. The Morgan fingerprint density at radius 1 is 1.37 bits per heavy atom. The molecule has 0 aromatic carbocycles. The highest BCUT2D eigenvalue weighted by Crippen LogP contribution is 2.17. The van der Waals surface area contributed by atoms with Gasteiger partial charge in [0.05, 0.1) is 5.56 Å². The second kappa shape index (κ2) is 5.91. The van der Waals surface area contributed by atoms with Gasteiger partial charge in [0.25, 0.3) is 0 Å². The predicted molar refractivity (Wildman–Crippen MR) is 71.1 cm³/mol. The molecule has 0 atom stereocenters. The van der Waals surface area contributed by atoms with Crippen molar-refractivity contribution in [2.24, 2.45) is 0 Å². The first kappa shape index (κ1) is 13.6. The number of hydrogen-bond donors (Lipinski definition) is 2. The van der Waals surface area contributed by atoms with Crippen LogP contribution in [0.1, 0.15) is 48.2 Å². The molecule has 1 fully saturated rings. The van der Waals surface area contributed by atoms with Crippen molar-refractivity contribution in [3.63, 3.8) is 0 Å². The molecule has 5 heteroatoms. The number of nitrogens with zero attached hydrogens (tertiary/aromatic N) is 1. The van der Waals surface area contributed by atoms with Crippen molar-refractivity contribution in [1.82, 2.24) is 9.88 Å². The van der Waals surface area contributed by atoms with Gasteiger partial charge >= 0.3 is 5.97 Å². The van der Waals surface area contributed by atoms with E-state index in [1.54, 1.807) is 17.7 Å². The van der Waals surface area contributed by atoms with Crippen LogP contribution in [0.5, 0.6) is 0 Å². The first-order valence-electron chi connectivity index (χ1n) is 6.76. The SMILES string of the molecule is Cc1c(C(=O)O)ccn1CC(=O)NC1CCCCC1. The summed E-state index contributed by atoms with van der Waals surface area (Å²) in [5.74, 6) is -0.994. The Balaban J connectivity index is 1.93. The van der Waals surface area contributed by atoms with Crippen LogP contribution in [0.3, 0.4) is 0 Å². The van der Waals surface area contributed by atoms with Crippen molar-refractivity contribution in [2.75, 3.05) is 0 Å². The zero-order valence-electron chi connectivity index (χ0n) is 11.2. The standard InChI is InChI=1S/C14H20N2O3/c1-10-12(14(18)19)7-8-16(10)9-13(17)15-11-5-3-2-4-6-11/h7-8,11H,2-6,9H2,1H3,(H,15,17)(H,18,19). The molecule has 0 spiro atoms. The predicted octanol–water partition coefficient (Wildman–Crippen LogP) is 1.94. The highest BCUT2D eigenvalue weighted by Gasteiger charge is 2.17. The van der Waals surface area contributed by atoms with E-state index in [1.807, 2.05) is 0 Å². The summed E-state index contributed by atoms with van der Waals surface area (Å²) in [6.45, 7) is 1.91. The summed E-state index contributed by atoms with van der Waals surface area (Å²) < 4.78 is 1.68. The molecule has 1 aliphatic carbocycles. The average molecular weight is 264 g/mol. The molecule has 0 unspecified atom stereocenters. The monoisotopic (exact) mass is 264 g/mol. The van der Waals surface area contributed by atoms with Gasteiger partial charge in [0, 0.05) is 17.9 Å². The number of nitrogens with one attached hydrogen (secondary N) is 1. The van der Waals surface area contributed by atoms with Crippen LogP contribution in [0.25, 0.3) is 0 Å². The van der Waals surface area contributed by atoms with Crippen LogP contribution >= 0.6 is 0 Å². The number of carboxylic acid groups (broad SMARTS) is 1. The lowest BCUT2D eigenvalue weighted by atomic mass is 9.95. The minimum Gasteiger partial charge on any atom is -0.478 e. The highest BCUT2D eigenvalue weighted by molar-refractivity contribution is 5.89. The highest BCUT2D eigenvalue weighted by atomic mass is 16.4. The molecule has 1 aromatic rings. The van der Waals surface area contributed by atoms with Gasteiger partial charge in [0.15, 0.2) is 0 Å². The molecule has 104 valence electrons. The lowest BCUT2D eigenvalue weighted by molar-refractivity contribution is -0.122. The normalized spacial score (nSPS) is 16.3. The summed E-state index contributed by atoms with van der Waals surface area (Å²) in [7, 11) is 0. The van der Waals surface area contributed by atoms with E-state index in [1.165, 1.54) is 25.3 Å². The quantitative estimate of drug-likeness (QED) is 0.873. The second-order valence-electron chi connectivity index (χ2n) is 5.15. The molecule has 2 N–H and O–H groups in total. The third-order valence-corrected chi connectivity index (χ3v) is 3.76. The Morgan fingerprint density at radius 2 is 2.05 bits per heavy atom. The lowest BCUT2D eigenvalue weighted by Crippen LogP contribution is -2.38. The summed E-state index contributed by atoms with van der Waals surface area (Å²) in [6.07, 6.45) is 7.37. The van der Waals surface area contributed by atoms with Crippen LogP contribution in [-0.2, 0) is 11.3 Å². The number of amides is 1. The number of rotatable bonds is 4. The summed E-state index contributed by atoms with van der Waals surface area (Å²) in [6, 6.07) is 1.82. The molecular formula is C14H20N2O3. The molecule has 1 heterocycles. The molecule has 19 heavy (non-hydrogen) atoms. The topological polar surface area (TPSA) is 71.3 Å². The summed E-state index contributed by atoms with van der Waals surface area (Å²) in [5, 5.41) is 12.0. The van der Waals surface area contributed by atoms with Crippen molar-refractivity contribution in [3.8, 4) is 0 Å². The van der Waals surface area contributed by atoms with Gasteiger partial charge in [-0.25, -0.2) is 4.79 Å². The Bertz CT molecular complexity index is 473. The van der Waals surface area contributed by atoms with E-state index in [0.717, 1.165) is 12.8 Å². The van der Waals surface area contributed by atoms with Gasteiger partial charge < -0.3 is 15.0 Å². The molecule has 0 saturated heterocycles. The number of aromatic carboxylic acids is 1. The summed E-state index contributed by atoms with van der Waals surface area (Å²) in [5.41, 5.74) is 0.872. The minimum atomic E-state index is -0.955. The zero-order chi connectivity index (χ0) is 13.8. The van der Waals surface area contributed by atoms with E-state index in [2.05, 4.69) is 5.32 Å². The number of carbonyl (C=O) groups excluding carboxylic acids is 1. The summed E-state index contributed by atoms with van der Waals surface area (Å²) >= 11 is 0. The third-order valence-electron chi connectivity index (χ3n) is 3.76. The van der Waals surface area contributed by atoms with Crippen LogP contribution in [0.4, 0.5) is 0 Å². The van der Waals surface area contributed by atoms with Gasteiger partial charge in [-0.15, -0.1) is 0 Å². The van der Waals surface area contributed by atoms with Crippen molar-refractivity contribution in [1.29, 1.82) is 0 Å². The zero-order valence-corrected chi connectivity index (χ0v) is 11.2. The molecule has 0 aliphatic heterocycles. The van der Waals surface area contributed by atoms with Gasteiger partial charge in [-0.3, -0.25) is 4.79 Å². The number of hydrogen-bond acceptors (Lipinski definition) is 2. The largest absolute Gasteiger partial charge is 0.478 e. The van der Waals surface area contributed by atoms with Gasteiger partial charge in [0.2, 0.25) is 5.91 Å². The Hall–Kier alpha value is -1.78. The van der Waals surface area contributed by atoms with Crippen LogP contribution in [0.15, 0.2) is 12.3 Å². The molecule has 0 bridgehead atoms. The van der Waals surface area contributed by atoms with Crippen LogP contribution in [-0.4, -0.2) is 27.6 Å². The van der Waals surface area contributed by atoms with Gasteiger partial charge in [-0.2, -0.15) is 0 Å². The fourth-order valence-electron chi connectivity index (χ4n) is 2.62.